The number of carbonyl (C=O) groups excluding carboxylic acids is 1. The number of anilines is 1. The van der Waals surface area contributed by atoms with Crippen molar-refractivity contribution in [3.05, 3.63) is 51.5 Å². The van der Waals surface area contributed by atoms with E-state index in [0.717, 1.165) is 25.3 Å². The summed E-state index contributed by atoms with van der Waals surface area (Å²) in [6, 6.07) is 7.19. The summed E-state index contributed by atoms with van der Waals surface area (Å²) in [6.45, 7) is 7.62. The summed E-state index contributed by atoms with van der Waals surface area (Å²) in [5, 5.41) is 6.06. The van der Waals surface area contributed by atoms with Gasteiger partial charge in [-0.05, 0) is 30.4 Å². The summed E-state index contributed by atoms with van der Waals surface area (Å²) in [5.41, 5.74) is 1.46. The van der Waals surface area contributed by atoms with Gasteiger partial charge in [0.2, 0.25) is 5.91 Å². The van der Waals surface area contributed by atoms with E-state index in [1.807, 2.05) is 11.4 Å². The minimum Gasteiger partial charge on any atom is -0.310 e. The van der Waals surface area contributed by atoms with Gasteiger partial charge < -0.3 is 10.3 Å². The Hall–Kier alpha value is -2.58. The van der Waals surface area contributed by atoms with Crippen LogP contribution in [0.1, 0.15) is 38.2 Å². The molecule has 1 amide bonds. The van der Waals surface area contributed by atoms with Crippen molar-refractivity contribution in [2.75, 3.05) is 18.4 Å². The lowest BCUT2D eigenvalue weighted by molar-refractivity contribution is -0.116. The number of aryl methyl sites for hydroxylation is 1. The van der Waals surface area contributed by atoms with Crippen molar-refractivity contribution < 1.29 is 4.79 Å². The molecule has 0 radical (unpaired) electrons. The van der Waals surface area contributed by atoms with E-state index in [2.05, 4.69) is 39.0 Å². The van der Waals surface area contributed by atoms with Crippen LogP contribution in [0.3, 0.4) is 0 Å². The summed E-state index contributed by atoms with van der Waals surface area (Å²) in [5.74, 6) is 1.80. The van der Waals surface area contributed by atoms with Crippen molar-refractivity contribution in [2.45, 2.75) is 39.7 Å². The second kappa shape index (κ2) is 9.06. The van der Waals surface area contributed by atoms with Gasteiger partial charge in [-0.2, -0.15) is 0 Å². The second-order valence-corrected chi connectivity index (χ2v) is 9.22. The first kappa shape index (κ1) is 20.7. The molecule has 0 spiro atoms. The van der Waals surface area contributed by atoms with E-state index in [9.17, 15) is 9.59 Å². The van der Waals surface area contributed by atoms with Crippen LogP contribution < -0.4 is 10.9 Å². The zero-order valence-electron chi connectivity index (χ0n) is 17.4. The summed E-state index contributed by atoms with van der Waals surface area (Å²) in [4.78, 5) is 38.7. The highest BCUT2D eigenvalue weighted by Gasteiger charge is 2.22. The van der Waals surface area contributed by atoms with E-state index in [1.54, 1.807) is 18.2 Å². The number of aromatic amines is 1. The molecule has 1 fully saturated rings. The van der Waals surface area contributed by atoms with Crippen LogP contribution in [0.4, 0.5) is 5.13 Å². The molecule has 2 unspecified atom stereocenters. The topological polar surface area (TPSA) is 91.0 Å². The molecule has 8 heteroatoms. The summed E-state index contributed by atoms with van der Waals surface area (Å²) in [6.07, 6.45) is 1.89. The van der Waals surface area contributed by atoms with Gasteiger partial charge in [0.05, 0.1) is 16.6 Å². The molecule has 2 atom stereocenters. The summed E-state index contributed by atoms with van der Waals surface area (Å²) >= 11 is 1.45. The summed E-state index contributed by atoms with van der Waals surface area (Å²) < 4.78 is 0. The van der Waals surface area contributed by atoms with Crippen molar-refractivity contribution in [1.82, 2.24) is 19.9 Å². The molecule has 1 aromatic carbocycles. The van der Waals surface area contributed by atoms with E-state index in [4.69, 9.17) is 0 Å². The highest BCUT2D eigenvalue weighted by molar-refractivity contribution is 7.13. The smallest absolute Gasteiger partial charge is 0.258 e. The molecule has 0 bridgehead atoms. The van der Waals surface area contributed by atoms with Crippen LogP contribution in [-0.4, -0.2) is 38.8 Å². The van der Waals surface area contributed by atoms with Crippen molar-refractivity contribution in [3.63, 3.8) is 0 Å². The number of rotatable bonds is 6. The predicted molar refractivity (Wildman–Crippen MR) is 120 cm³/mol. The number of carbonyl (C=O) groups is 1. The van der Waals surface area contributed by atoms with Crippen LogP contribution in [0.2, 0.25) is 0 Å². The third kappa shape index (κ3) is 5.12. The van der Waals surface area contributed by atoms with E-state index in [1.165, 1.54) is 17.8 Å². The third-order valence-electron chi connectivity index (χ3n) is 5.38. The lowest BCUT2D eigenvalue weighted by atomic mass is 9.92. The zero-order chi connectivity index (χ0) is 21.1. The SMILES string of the molecule is CC1CC(C)CN(Cc2csc(NC(=O)CCc3nc4ccccc4c(=O)[nH]3)n2)C1. The van der Waals surface area contributed by atoms with Gasteiger partial charge in [0, 0.05) is 37.9 Å². The molecule has 1 aliphatic rings. The molecule has 30 heavy (non-hydrogen) atoms. The molecule has 0 saturated carbocycles. The molecule has 1 aliphatic heterocycles. The number of hydrogen-bond donors (Lipinski definition) is 2. The molecular formula is C22H27N5O2S. The number of nitrogens with zero attached hydrogens (tertiary/aromatic N) is 3. The van der Waals surface area contributed by atoms with Crippen molar-refractivity contribution in [3.8, 4) is 0 Å². The molecule has 1 saturated heterocycles. The first-order valence-corrected chi connectivity index (χ1v) is 11.3. The summed E-state index contributed by atoms with van der Waals surface area (Å²) in [7, 11) is 0. The maximum atomic E-state index is 12.3. The van der Waals surface area contributed by atoms with Gasteiger partial charge in [0.25, 0.3) is 5.56 Å². The number of amides is 1. The number of nitrogens with one attached hydrogen (secondary N) is 2. The Bertz CT molecular complexity index is 1080. The minimum absolute atomic E-state index is 0.132. The number of H-pyrrole nitrogens is 1. The van der Waals surface area contributed by atoms with Gasteiger partial charge in [-0.3, -0.25) is 14.5 Å². The van der Waals surface area contributed by atoms with E-state index < -0.39 is 0 Å². The van der Waals surface area contributed by atoms with Crippen LogP contribution >= 0.6 is 11.3 Å². The number of likely N-dealkylation sites (tertiary alicyclic amines) is 1. The fraction of sp³-hybridized carbons (Fsp3) is 0.455. The van der Waals surface area contributed by atoms with Gasteiger partial charge >= 0.3 is 0 Å². The monoisotopic (exact) mass is 425 g/mol. The van der Waals surface area contributed by atoms with Crippen LogP contribution in [0.15, 0.2) is 34.4 Å². The number of piperidine rings is 1. The fourth-order valence-electron chi connectivity index (χ4n) is 4.25. The molecule has 2 N–H and O–H groups in total. The first-order chi connectivity index (χ1) is 14.5. The highest BCUT2D eigenvalue weighted by atomic mass is 32.1. The molecule has 2 aromatic heterocycles. The maximum absolute atomic E-state index is 12.3. The van der Waals surface area contributed by atoms with Gasteiger partial charge in [0.15, 0.2) is 5.13 Å². The Morgan fingerprint density at radius 3 is 2.80 bits per heavy atom. The predicted octanol–water partition coefficient (Wildman–Crippen LogP) is 3.43. The Balaban J connectivity index is 1.31. The molecule has 4 rings (SSSR count). The lowest BCUT2D eigenvalue weighted by Gasteiger charge is -2.34. The maximum Gasteiger partial charge on any atom is 0.258 e. The molecule has 0 aliphatic carbocycles. The van der Waals surface area contributed by atoms with Crippen LogP contribution in [0, 0.1) is 11.8 Å². The molecule has 3 aromatic rings. The second-order valence-electron chi connectivity index (χ2n) is 8.36. The van der Waals surface area contributed by atoms with Crippen molar-refractivity contribution >= 4 is 33.3 Å². The normalized spacial score (nSPS) is 19.8. The van der Waals surface area contributed by atoms with Crippen LogP contribution in [0.5, 0.6) is 0 Å². The van der Waals surface area contributed by atoms with Gasteiger partial charge in [-0.25, -0.2) is 9.97 Å². The fourth-order valence-corrected chi connectivity index (χ4v) is 4.97. The van der Waals surface area contributed by atoms with Crippen LogP contribution in [-0.2, 0) is 17.8 Å². The standard InChI is InChI=1S/C22H27N5O2S/c1-14-9-15(2)11-27(10-14)12-16-13-30-22(23-16)26-20(28)8-7-19-24-18-6-4-3-5-17(18)21(29)25-19/h3-6,13-15H,7-12H2,1-2H3,(H,23,26,28)(H,24,25,29). The number of thiazole rings is 1. The number of fused-ring (bicyclic) bond motifs is 1. The number of benzene rings is 1. The molecule has 158 valence electrons. The van der Waals surface area contributed by atoms with Gasteiger partial charge in [-0.1, -0.05) is 26.0 Å². The molecule has 3 heterocycles. The van der Waals surface area contributed by atoms with Gasteiger partial charge in [-0.15, -0.1) is 11.3 Å². The lowest BCUT2D eigenvalue weighted by Crippen LogP contribution is -2.38. The minimum atomic E-state index is -0.179. The Kier molecular flexibility index (Phi) is 6.24. The van der Waals surface area contributed by atoms with Gasteiger partial charge in [0.1, 0.15) is 5.82 Å². The Morgan fingerprint density at radius 1 is 1.23 bits per heavy atom. The first-order valence-electron chi connectivity index (χ1n) is 10.4. The average molecular weight is 426 g/mol. The quantitative estimate of drug-likeness (QED) is 0.631. The van der Waals surface area contributed by atoms with E-state index in [-0.39, 0.29) is 17.9 Å². The number of hydrogen-bond acceptors (Lipinski definition) is 6. The van der Waals surface area contributed by atoms with Crippen molar-refractivity contribution in [1.29, 1.82) is 0 Å². The molecule has 7 nitrogen and oxygen atoms in total. The van der Waals surface area contributed by atoms with Crippen molar-refractivity contribution in [2.24, 2.45) is 11.8 Å². The molecular weight excluding hydrogens is 398 g/mol. The number of aromatic nitrogens is 3. The average Bonchev–Trinajstić information content (AvgIpc) is 3.12. The zero-order valence-corrected chi connectivity index (χ0v) is 18.2. The Labute approximate surface area is 179 Å². The third-order valence-corrected chi connectivity index (χ3v) is 6.19. The Morgan fingerprint density at radius 2 is 2.00 bits per heavy atom. The van der Waals surface area contributed by atoms with E-state index >= 15 is 0 Å². The largest absolute Gasteiger partial charge is 0.310 e. The van der Waals surface area contributed by atoms with Crippen LogP contribution in [0.25, 0.3) is 10.9 Å². The number of para-hydroxylation sites is 1. The van der Waals surface area contributed by atoms with E-state index in [0.29, 0.717) is 40.1 Å². The highest BCUT2D eigenvalue weighted by Crippen LogP contribution is 2.24.